The van der Waals surface area contributed by atoms with Crippen LogP contribution in [0.4, 0.5) is 0 Å². The van der Waals surface area contributed by atoms with Crippen LogP contribution in [0.2, 0.25) is 0 Å². The van der Waals surface area contributed by atoms with Gasteiger partial charge in [0, 0.05) is 6.04 Å². The van der Waals surface area contributed by atoms with Crippen molar-refractivity contribution in [3.8, 4) is 0 Å². The predicted octanol–water partition coefficient (Wildman–Crippen LogP) is 0.918. The molecule has 2 nitrogen and oxygen atoms in total. The first-order valence-corrected chi connectivity index (χ1v) is 3.53. The van der Waals surface area contributed by atoms with Gasteiger partial charge in [-0.2, -0.15) is 0 Å². The molecule has 0 aromatic rings. The van der Waals surface area contributed by atoms with Gasteiger partial charge in [-0.15, -0.1) is 12.4 Å². The van der Waals surface area contributed by atoms with Crippen molar-refractivity contribution in [3.63, 3.8) is 0 Å². The molecule has 0 spiro atoms. The van der Waals surface area contributed by atoms with E-state index in [9.17, 15) is 0 Å². The summed E-state index contributed by atoms with van der Waals surface area (Å²) in [5.74, 6) is 0. The number of hydrogen-bond acceptors (Lipinski definition) is 2. The maximum atomic E-state index is 8.60. The first kappa shape index (κ1) is 10.2. The van der Waals surface area contributed by atoms with Gasteiger partial charge in [0.2, 0.25) is 0 Å². The summed E-state index contributed by atoms with van der Waals surface area (Å²) in [5, 5.41) is 8.60. The lowest BCUT2D eigenvalue weighted by Gasteiger charge is -2.12. The van der Waals surface area contributed by atoms with Crippen molar-refractivity contribution in [1.29, 1.82) is 0 Å². The van der Waals surface area contributed by atoms with Gasteiger partial charge in [-0.1, -0.05) is 6.92 Å². The highest BCUT2D eigenvalue weighted by Crippen LogP contribution is 2.48. The van der Waals surface area contributed by atoms with Crippen molar-refractivity contribution in [2.24, 2.45) is 11.1 Å². The molecule has 1 saturated carbocycles. The second kappa shape index (κ2) is 3.56. The van der Waals surface area contributed by atoms with E-state index in [1.807, 2.05) is 0 Å². The SMILES string of the molecule is CC1(C[C@@H](N)CO)CC1.Cl. The predicted molar refractivity (Wildman–Crippen MR) is 44.3 cm³/mol. The molecular formula is C7H16ClNO. The Bertz CT molecular complexity index is 104. The van der Waals surface area contributed by atoms with E-state index in [-0.39, 0.29) is 25.1 Å². The standard InChI is InChI=1S/C7H15NO.ClH/c1-7(2-3-7)4-6(8)5-9;/h6,9H,2-5,8H2,1H3;1H/t6-;/m1./s1. The van der Waals surface area contributed by atoms with E-state index in [1.54, 1.807) is 0 Å². The van der Waals surface area contributed by atoms with Gasteiger partial charge in [-0.25, -0.2) is 0 Å². The zero-order valence-electron chi connectivity index (χ0n) is 6.34. The van der Waals surface area contributed by atoms with E-state index < -0.39 is 0 Å². The van der Waals surface area contributed by atoms with Crippen LogP contribution in [0.1, 0.15) is 26.2 Å². The highest BCUT2D eigenvalue weighted by molar-refractivity contribution is 5.85. The summed E-state index contributed by atoms with van der Waals surface area (Å²) in [6.45, 7) is 2.36. The normalized spacial score (nSPS) is 23.1. The number of aliphatic hydroxyl groups is 1. The lowest BCUT2D eigenvalue weighted by atomic mass is 10.0. The fraction of sp³-hybridized carbons (Fsp3) is 1.00. The molecule has 1 fully saturated rings. The van der Waals surface area contributed by atoms with E-state index >= 15 is 0 Å². The zero-order valence-corrected chi connectivity index (χ0v) is 7.16. The Balaban J connectivity index is 0.000000810. The molecule has 0 aliphatic heterocycles. The Hall–Kier alpha value is 0.210. The smallest absolute Gasteiger partial charge is 0.0582 e. The molecule has 3 N–H and O–H groups in total. The van der Waals surface area contributed by atoms with Crippen LogP contribution in [0, 0.1) is 5.41 Å². The van der Waals surface area contributed by atoms with Crippen LogP contribution in [0.25, 0.3) is 0 Å². The summed E-state index contributed by atoms with van der Waals surface area (Å²) in [4.78, 5) is 0. The average Bonchev–Trinajstić information content (AvgIpc) is 2.48. The third-order valence-electron chi connectivity index (χ3n) is 2.09. The molecular weight excluding hydrogens is 150 g/mol. The van der Waals surface area contributed by atoms with Gasteiger partial charge in [-0.05, 0) is 24.7 Å². The van der Waals surface area contributed by atoms with Gasteiger partial charge < -0.3 is 10.8 Å². The molecule has 0 unspecified atom stereocenters. The number of aliphatic hydroxyl groups excluding tert-OH is 1. The molecule has 10 heavy (non-hydrogen) atoms. The maximum Gasteiger partial charge on any atom is 0.0582 e. The molecule has 0 amide bonds. The first-order chi connectivity index (χ1) is 4.16. The Morgan fingerprint density at radius 2 is 2.10 bits per heavy atom. The Labute approximate surface area is 68.2 Å². The lowest BCUT2D eigenvalue weighted by molar-refractivity contribution is 0.243. The van der Waals surface area contributed by atoms with E-state index in [4.69, 9.17) is 10.8 Å². The van der Waals surface area contributed by atoms with Gasteiger partial charge in [0.05, 0.1) is 6.61 Å². The van der Waals surface area contributed by atoms with E-state index in [0.717, 1.165) is 6.42 Å². The van der Waals surface area contributed by atoms with Crippen molar-refractivity contribution in [3.05, 3.63) is 0 Å². The number of hydrogen-bond donors (Lipinski definition) is 2. The number of nitrogens with two attached hydrogens (primary N) is 1. The second-order valence-corrected chi connectivity index (χ2v) is 3.46. The Morgan fingerprint density at radius 3 is 2.40 bits per heavy atom. The van der Waals surface area contributed by atoms with Gasteiger partial charge >= 0.3 is 0 Å². The monoisotopic (exact) mass is 165 g/mol. The minimum atomic E-state index is 0. The average molecular weight is 166 g/mol. The molecule has 1 atom stereocenters. The zero-order chi connectivity index (χ0) is 6.91. The fourth-order valence-electron chi connectivity index (χ4n) is 1.12. The van der Waals surface area contributed by atoms with E-state index in [0.29, 0.717) is 5.41 Å². The quantitative estimate of drug-likeness (QED) is 0.654. The number of halogens is 1. The molecule has 0 saturated heterocycles. The van der Waals surface area contributed by atoms with E-state index in [1.165, 1.54) is 12.8 Å². The highest BCUT2D eigenvalue weighted by atomic mass is 35.5. The molecule has 62 valence electrons. The van der Waals surface area contributed by atoms with Crippen molar-refractivity contribution in [2.45, 2.75) is 32.2 Å². The van der Waals surface area contributed by atoms with Crippen molar-refractivity contribution < 1.29 is 5.11 Å². The third kappa shape index (κ3) is 2.86. The van der Waals surface area contributed by atoms with Crippen LogP contribution in [-0.4, -0.2) is 17.8 Å². The highest BCUT2D eigenvalue weighted by Gasteiger charge is 2.37. The third-order valence-corrected chi connectivity index (χ3v) is 2.09. The minimum Gasteiger partial charge on any atom is -0.395 e. The fourth-order valence-corrected chi connectivity index (χ4v) is 1.12. The molecule has 0 radical (unpaired) electrons. The summed E-state index contributed by atoms with van der Waals surface area (Å²) in [6, 6.07) is 0.0116. The van der Waals surface area contributed by atoms with Crippen molar-refractivity contribution in [1.82, 2.24) is 0 Å². The van der Waals surface area contributed by atoms with Crippen molar-refractivity contribution in [2.75, 3.05) is 6.61 Å². The lowest BCUT2D eigenvalue weighted by Crippen LogP contribution is -2.27. The summed E-state index contributed by atoms with van der Waals surface area (Å²) in [5.41, 5.74) is 6.04. The number of rotatable bonds is 3. The van der Waals surface area contributed by atoms with Crippen LogP contribution in [0.3, 0.4) is 0 Å². The first-order valence-electron chi connectivity index (χ1n) is 3.53. The van der Waals surface area contributed by atoms with Gasteiger partial charge in [-0.3, -0.25) is 0 Å². The molecule has 0 bridgehead atoms. The van der Waals surface area contributed by atoms with Crippen LogP contribution in [0.15, 0.2) is 0 Å². The molecule has 0 heterocycles. The molecule has 1 aliphatic rings. The van der Waals surface area contributed by atoms with Crippen LogP contribution in [0.5, 0.6) is 0 Å². The second-order valence-electron chi connectivity index (χ2n) is 3.46. The Kier molecular flexibility index (Phi) is 3.63. The summed E-state index contributed by atoms with van der Waals surface area (Å²) < 4.78 is 0. The molecule has 1 aliphatic carbocycles. The van der Waals surface area contributed by atoms with E-state index in [2.05, 4.69) is 6.92 Å². The topological polar surface area (TPSA) is 46.2 Å². The largest absolute Gasteiger partial charge is 0.395 e. The maximum absolute atomic E-state index is 8.60. The molecule has 0 aromatic heterocycles. The molecule has 3 heteroatoms. The minimum absolute atomic E-state index is 0. The summed E-state index contributed by atoms with van der Waals surface area (Å²) in [6.07, 6.45) is 3.57. The van der Waals surface area contributed by atoms with Crippen LogP contribution in [-0.2, 0) is 0 Å². The van der Waals surface area contributed by atoms with Gasteiger partial charge in [0.1, 0.15) is 0 Å². The van der Waals surface area contributed by atoms with Crippen molar-refractivity contribution >= 4 is 12.4 Å². The van der Waals surface area contributed by atoms with Gasteiger partial charge in [0.25, 0.3) is 0 Å². The van der Waals surface area contributed by atoms with Crippen LogP contribution >= 0.6 is 12.4 Å². The molecule has 0 aromatic carbocycles. The van der Waals surface area contributed by atoms with Crippen LogP contribution < -0.4 is 5.73 Å². The molecule has 1 rings (SSSR count). The van der Waals surface area contributed by atoms with Gasteiger partial charge in [0.15, 0.2) is 0 Å². The summed E-state index contributed by atoms with van der Waals surface area (Å²) >= 11 is 0. The summed E-state index contributed by atoms with van der Waals surface area (Å²) in [7, 11) is 0. The Morgan fingerprint density at radius 1 is 1.60 bits per heavy atom.